The van der Waals surface area contributed by atoms with Gasteiger partial charge >= 0.3 is 5.97 Å². The molecule has 6 heteroatoms. The number of aromatic nitrogens is 1. The number of halogens is 1. The quantitative estimate of drug-likeness (QED) is 0.178. The van der Waals surface area contributed by atoms with E-state index in [0.29, 0.717) is 5.02 Å². The first-order valence-electron chi connectivity index (χ1n) is 14.1. The lowest BCUT2D eigenvalue weighted by Crippen LogP contribution is -2.21. The molecule has 212 valence electrons. The van der Waals surface area contributed by atoms with Gasteiger partial charge in [-0.1, -0.05) is 78.3 Å². The average molecular weight is 586 g/mol. The second-order valence-corrected chi connectivity index (χ2v) is 13.0. The summed E-state index contributed by atoms with van der Waals surface area (Å²) in [5, 5.41) is 12.7. The standard InChI is InChI=1S/C35H36ClNO3S/c1-24(38)40-35(19-20-35)23-41-33(18-14-26-8-4-5-10-31(26)34(2,3)39)28-9-6-7-25(21-28)11-16-30-17-13-27-12-15-29(36)22-32(27)37-30/h4-13,15-17,21-22,33,39H,14,18-20,23H2,1-3H3/b16-11-/t33-/m1/s1. The fraction of sp³-hybridized carbons (Fsp3) is 0.314. The number of hydrogen-bond acceptors (Lipinski definition) is 5. The van der Waals surface area contributed by atoms with E-state index in [4.69, 9.17) is 21.3 Å². The molecule has 0 unspecified atom stereocenters. The van der Waals surface area contributed by atoms with Gasteiger partial charge in [0.15, 0.2) is 0 Å². The van der Waals surface area contributed by atoms with Crippen molar-refractivity contribution < 1.29 is 14.6 Å². The van der Waals surface area contributed by atoms with Gasteiger partial charge in [-0.3, -0.25) is 4.79 Å². The number of aryl methyl sites for hydroxylation is 1. The van der Waals surface area contributed by atoms with Crippen molar-refractivity contribution in [2.24, 2.45) is 0 Å². The number of hydrogen-bond donors (Lipinski definition) is 1. The third kappa shape index (κ3) is 7.79. The normalized spacial score (nSPS) is 15.2. The molecule has 1 saturated carbocycles. The second-order valence-electron chi connectivity index (χ2n) is 11.4. The number of fused-ring (bicyclic) bond motifs is 1. The fourth-order valence-electron chi connectivity index (χ4n) is 5.18. The van der Waals surface area contributed by atoms with Crippen molar-refractivity contribution >= 4 is 52.4 Å². The Morgan fingerprint density at radius 2 is 1.85 bits per heavy atom. The molecule has 41 heavy (non-hydrogen) atoms. The summed E-state index contributed by atoms with van der Waals surface area (Å²) in [6.07, 6.45) is 7.69. The Hall–Kier alpha value is -3.12. The number of ether oxygens (including phenoxy) is 1. The Kier molecular flexibility index (Phi) is 8.88. The van der Waals surface area contributed by atoms with Gasteiger partial charge < -0.3 is 9.84 Å². The van der Waals surface area contributed by atoms with Crippen LogP contribution in [0.1, 0.15) is 73.2 Å². The van der Waals surface area contributed by atoms with Crippen LogP contribution in [-0.4, -0.2) is 27.4 Å². The molecule has 1 aliphatic carbocycles. The molecule has 0 saturated heterocycles. The Balaban J connectivity index is 1.37. The maximum absolute atomic E-state index is 11.7. The fourth-order valence-corrected chi connectivity index (χ4v) is 6.83. The molecule has 1 N–H and O–H groups in total. The number of benzene rings is 3. The highest BCUT2D eigenvalue weighted by molar-refractivity contribution is 7.99. The summed E-state index contributed by atoms with van der Waals surface area (Å²) in [7, 11) is 0. The third-order valence-corrected chi connectivity index (χ3v) is 9.31. The maximum atomic E-state index is 11.7. The maximum Gasteiger partial charge on any atom is 0.303 e. The van der Waals surface area contributed by atoms with Crippen LogP contribution in [0, 0.1) is 0 Å². The third-order valence-electron chi connectivity index (χ3n) is 7.47. The number of pyridine rings is 1. The highest BCUT2D eigenvalue weighted by atomic mass is 35.5. The minimum atomic E-state index is -0.903. The van der Waals surface area contributed by atoms with Crippen LogP contribution in [0.4, 0.5) is 0 Å². The summed E-state index contributed by atoms with van der Waals surface area (Å²) < 4.78 is 5.69. The van der Waals surface area contributed by atoms with E-state index in [1.54, 1.807) is 0 Å². The summed E-state index contributed by atoms with van der Waals surface area (Å²) in [6.45, 7) is 5.16. The zero-order chi connectivity index (χ0) is 29.0. The molecule has 1 aromatic heterocycles. The predicted octanol–water partition coefficient (Wildman–Crippen LogP) is 8.79. The Morgan fingerprint density at radius 3 is 2.61 bits per heavy atom. The monoisotopic (exact) mass is 585 g/mol. The molecule has 0 bridgehead atoms. The summed E-state index contributed by atoms with van der Waals surface area (Å²) in [6, 6.07) is 26.6. The molecular formula is C35H36ClNO3S. The van der Waals surface area contributed by atoms with Gasteiger partial charge in [0.2, 0.25) is 0 Å². The van der Waals surface area contributed by atoms with E-state index in [1.807, 2.05) is 74.1 Å². The molecule has 0 spiro atoms. The molecule has 0 radical (unpaired) electrons. The highest BCUT2D eigenvalue weighted by Gasteiger charge is 2.46. The number of rotatable bonds is 11. The lowest BCUT2D eigenvalue weighted by molar-refractivity contribution is -0.147. The van der Waals surface area contributed by atoms with E-state index < -0.39 is 5.60 Å². The molecule has 1 atom stereocenters. The van der Waals surface area contributed by atoms with Gasteiger partial charge in [-0.05, 0) is 86.1 Å². The zero-order valence-electron chi connectivity index (χ0n) is 23.8. The summed E-state index contributed by atoms with van der Waals surface area (Å²) in [5.74, 6) is 0.559. The van der Waals surface area contributed by atoms with Gasteiger partial charge in [0, 0.05) is 28.3 Å². The zero-order valence-corrected chi connectivity index (χ0v) is 25.3. The van der Waals surface area contributed by atoms with Gasteiger partial charge in [-0.25, -0.2) is 4.98 Å². The van der Waals surface area contributed by atoms with E-state index in [9.17, 15) is 9.90 Å². The van der Waals surface area contributed by atoms with Crippen LogP contribution in [0.25, 0.3) is 23.1 Å². The largest absolute Gasteiger partial charge is 0.458 e. The molecular weight excluding hydrogens is 550 g/mol. The van der Waals surface area contributed by atoms with E-state index in [1.165, 1.54) is 12.5 Å². The lowest BCUT2D eigenvalue weighted by atomic mass is 9.90. The lowest BCUT2D eigenvalue weighted by Gasteiger charge is -2.24. The summed E-state index contributed by atoms with van der Waals surface area (Å²) >= 11 is 8.03. The summed E-state index contributed by atoms with van der Waals surface area (Å²) in [5.41, 5.74) is 4.96. The minimum absolute atomic E-state index is 0.201. The van der Waals surface area contributed by atoms with Crippen molar-refractivity contribution in [3.63, 3.8) is 0 Å². The van der Waals surface area contributed by atoms with Crippen molar-refractivity contribution in [2.75, 3.05) is 5.75 Å². The number of carbonyl (C=O) groups excluding carboxylic acids is 1. The number of esters is 1. The minimum Gasteiger partial charge on any atom is -0.458 e. The molecule has 1 heterocycles. The molecule has 5 rings (SSSR count). The first-order chi connectivity index (χ1) is 19.6. The molecule has 1 fully saturated rings. The predicted molar refractivity (Wildman–Crippen MR) is 171 cm³/mol. The number of thioether (sulfide) groups is 1. The molecule has 4 aromatic rings. The summed E-state index contributed by atoms with van der Waals surface area (Å²) in [4.78, 5) is 16.5. The van der Waals surface area contributed by atoms with Crippen LogP contribution >= 0.6 is 23.4 Å². The molecule has 0 amide bonds. The highest BCUT2D eigenvalue weighted by Crippen LogP contribution is 2.46. The van der Waals surface area contributed by atoms with Crippen LogP contribution in [0.3, 0.4) is 0 Å². The van der Waals surface area contributed by atoms with Gasteiger partial charge in [-0.15, -0.1) is 11.8 Å². The van der Waals surface area contributed by atoms with Crippen molar-refractivity contribution in [3.8, 4) is 0 Å². The van der Waals surface area contributed by atoms with Crippen LogP contribution in [0.5, 0.6) is 0 Å². The number of aliphatic hydroxyl groups is 1. The molecule has 0 aliphatic heterocycles. The first-order valence-corrected chi connectivity index (χ1v) is 15.5. The molecule has 3 aromatic carbocycles. The Labute approximate surface area is 251 Å². The van der Waals surface area contributed by atoms with Gasteiger partial charge in [0.1, 0.15) is 5.60 Å². The van der Waals surface area contributed by atoms with Crippen molar-refractivity contribution in [3.05, 3.63) is 112 Å². The second kappa shape index (κ2) is 12.4. The van der Waals surface area contributed by atoms with Crippen LogP contribution in [0.15, 0.2) is 78.9 Å². The number of carbonyl (C=O) groups is 1. The SMILES string of the molecule is CC(=O)OC1(CS[C@H](CCc2ccccc2C(C)(C)O)c2cccc(/C=C\c3ccc4ccc(Cl)cc4n3)c2)CC1. The van der Waals surface area contributed by atoms with Gasteiger partial charge in [-0.2, -0.15) is 0 Å². The first kappa shape index (κ1) is 29.4. The van der Waals surface area contributed by atoms with Crippen molar-refractivity contribution in [1.29, 1.82) is 0 Å². The van der Waals surface area contributed by atoms with Crippen LogP contribution in [0.2, 0.25) is 5.02 Å². The van der Waals surface area contributed by atoms with Crippen LogP contribution in [-0.2, 0) is 21.6 Å². The van der Waals surface area contributed by atoms with E-state index in [0.717, 1.165) is 64.7 Å². The molecule has 1 aliphatic rings. The smallest absolute Gasteiger partial charge is 0.303 e. The average Bonchev–Trinajstić information content (AvgIpc) is 3.70. The molecule has 4 nitrogen and oxygen atoms in total. The van der Waals surface area contributed by atoms with Gasteiger partial charge in [0.25, 0.3) is 0 Å². The van der Waals surface area contributed by atoms with E-state index in [-0.39, 0.29) is 16.8 Å². The van der Waals surface area contributed by atoms with Crippen molar-refractivity contribution in [1.82, 2.24) is 4.98 Å². The van der Waals surface area contributed by atoms with Gasteiger partial charge in [0.05, 0.1) is 16.8 Å². The van der Waals surface area contributed by atoms with Crippen molar-refractivity contribution in [2.45, 2.75) is 62.9 Å². The Bertz CT molecular complexity index is 1570. The van der Waals surface area contributed by atoms with E-state index in [2.05, 4.69) is 42.5 Å². The van der Waals surface area contributed by atoms with E-state index >= 15 is 0 Å². The Morgan fingerprint density at radius 1 is 1.07 bits per heavy atom. The number of nitrogens with zero attached hydrogens (tertiary/aromatic N) is 1. The van der Waals surface area contributed by atoms with Crippen LogP contribution < -0.4 is 0 Å². The topological polar surface area (TPSA) is 59.4 Å².